The minimum atomic E-state index is -0.421. The van der Waals surface area contributed by atoms with Crippen LogP contribution in [0.2, 0.25) is 0 Å². The van der Waals surface area contributed by atoms with E-state index in [1.165, 1.54) is 58.2 Å². The maximum absolute atomic E-state index is 11.1. The van der Waals surface area contributed by atoms with Crippen LogP contribution in [0.15, 0.2) is 0 Å². The number of aliphatic hydroxyl groups is 1. The van der Waals surface area contributed by atoms with Gasteiger partial charge in [0.15, 0.2) is 0 Å². The second-order valence-electron chi connectivity index (χ2n) is 7.16. The number of esters is 1. The van der Waals surface area contributed by atoms with Crippen molar-refractivity contribution in [3.8, 4) is 0 Å². The van der Waals surface area contributed by atoms with E-state index in [0.29, 0.717) is 0 Å². The van der Waals surface area contributed by atoms with Gasteiger partial charge in [0.1, 0.15) is 6.61 Å². The number of nitrogens with one attached hydrogen (secondary N) is 1. The number of hydrogen-bond donors (Lipinski definition) is 2. The zero-order valence-electron chi connectivity index (χ0n) is 17.2. The molecule has 0 amide bonds. The number of ether oxygens (including phenoxy) is 1. The SMILES string of the molecule is CCC(C)(C)C(=O)OCCO.CCCC[NH+](CCCC)CCCC. The molecule has 0 aromatic heterocycles. The molecule has 2 N–H and O–H groups in total. The largest absolute Gasteiger partial charge is 0.463 e. The maximum atomic E-state index is 11.1. The summed E-state index contributed by atoms with van der Waals surface area (Å²) in [4.78, 5) is 13.0. The van der Waals surface area contributed by atoms with Crippen LogP contribution in [-0.2, 0) is 9.53 Å². The molecule has 0 fully saturated rings. The quantitative estimate of drug-likeness (QED) is 0.503. The molecule has 0 aliphatic carbocycles. The molecule has 0 aliphatic rings. The molecule has 0 aromatic carbocycles. The molecule has 0 spiro atoms. The van der Waals surface area contributed by atoms with Crippen molar-refractivity contribution in [3.05, 3.63) is 0 Å². The number of rotatable bonds is 13. The van der Waals surface area contributed by atoms with E-state index in [0.717, 1.165) is 6.42 Å². The zero-order valence-corrected chi connectivity index (χ0v) is 17.2. The topological polar surface area (TPSA) is 51.0 Å². The molecule has 0 atom stereocenters. The lowest BCUT2D eigenvalue weighted by atomic mass is 9.91. The Balaban J connectivity index is 0. The molecule has 24 heavy (non-hydrogen) atoms. The third-order valence-corrected chi connectivity index (χ3v) is 4.41. The lowest BCUT2D eigenvalue weighted by Crippen LogP contribution is -3.12. The predicted molar refractivity (Wildman–Crippen MR) is 102 cm³/mol. The minimum Gasteiger partial charge on any atom is -0.463 e. The molecule has 0 bridgehead atoms. The number of aliphatic hydroxyl groups excluding tert-OH is 1. The molecular formula is C20H44NO3+. The maximum Gasteiger partial charge on any atom is 0.311 e. The van der Waals surface area contributed by atoms with E-state index < -0.39 is 5.41 Å². The van der Waals surface area contributed by atoms with Gasteiger partial charge in [0.2, 0.25) is 0 Å². The van der Waals surface area contributed by atoms with E-state index in [9.17, 15) is 4.79 Å². The molecule has 0 aromatic rings. The Morgan fingerprint density at radius 2 is 1.33 bits per heavy atom. The standard InChI is InChI=1S/C12H27N.C8H16O3/c1-4-7-10-13(11-8-5-2)12-9-6-3;1-4-8(2,3)7(10)11-6-5-9/h4-12H2,1-3H3;9H,4-6H2,1-3H3/p+1. The fraction of sp³-hybridized carbons (Fsp3) is 0.950. The van der Waals surface area contributed by atoms with Gasteiger partial charge >= 0.3 is 5.97 Å². The normalized spacial score (nSPS) is 11.2. The van der Waals surface area contributed by atoms with Gasteiger partial charge in [-0.25, -0.2) is 0 Å². The van der Waals surface area contributed by atoms with E-state index in [4.69, 9.17) is 9.84 Å². The van der Waals surface area contributed by atoms with Gasteiger partial charge in [-0.05, 0) is 39.5 Å². The van der Waals surface area contributed by atoms with Crippen LogP contribution >= 0.6 is 0 Å². The van der Waals surface area contributed by atoms with E-state index in [-0.39, 0.29) is 19.2 Å². The average molecular weight is 347 g/mol. The molecule has 0 radical (unpaired) electrons. The number of carbonyl (C=O) groups excluding carboxylic acids is 1. The number of unbranched alkanes of at least 4 members (excludes halogenated alkanes) is 3. The highest BCUT2D eigenvalue weighted by Gasteiger charge is 2.26. The van der Waals surface area contributed by atoms with Gasteiger partial charge in [0.05, 0.1) is 31.7 Å². The van der Waals surface area contributed by atoms with Crippen molar-refractivity contribution < 1.29 is 19.5 Å². The fourth-order valence-electron chi connectivity index (χ4n) is 2.13. The van der Waals surface area contributed by atoms with Gasteiger partial charge < -0.3 is 14.7 Å². The summed E-state index contributed by atoms with van der Waals surface area (Å²) in [6.07, 6.45) is 9.01. The molecule has 0 rings (SSSR count). The van der Waals surface area contributed by atoms with Gasteiger partial charge in [-0.2, -0.15) is 0 Å². The van der Waals surface area contributed by atoms with Crippen LogP contribution < -0.4 is 4.90 Å². The van der Waals surface area contributed by atoms with E-state index in [2.05, 4.69) is 20.8 Å². The highest BCUT2D eigenvalue weighted by atomic mass is 16.5. The van der Waals surface area contributed by atoms with Gasteiger partial charge in [-0.1, -0.05) is 47.0 Å². The van der Waals surface area contributed by atoms with E-state index in [1.54, 1.807) is 0 Å². The second kappa shape index (κ2) is 17.2. The molecule has 146 valence electrons. The first kappa shape index (κ1) is 25.6. The van der Waals surface area contributed by atoms with Crippen molar-refractivity contribution in [1.29, 1.82) is 0 Å². The Hall–Kier alpha value is -0.610. The molecule has 4 nitrogen and oxygen atoms in total. The summed E-state index contributed by atoms with van der Waals surface area (Å²) < 4.78 is 4.76. The Kier molecular flexibility index (Phi) is 18.4. The van der Waals surface area contributed by atoms with Crippen molar-refractivity contribution in [2.75, 3.05) is 32.8 Å². The molecule has 0 saturated carbocycles. The third-order valence-electron chi connectivity index (χ3n) is 4.41. The van der Waals surface area contributed by atoms with Crippen LogP contribution in [0.5, 0.6) is 0 Å². The third kappa shape index (κ3) is 14.9. The molecule has 0 heterocycles. The fourth-order valence-corrected chi connectivity index (χ4v) is 2.13. The summed E-state index contributed by atoms with van der Waals surface area (Å²) in [6, 6.07) is 0. The first-order valence-corrected chi connectivity index (χ1v) is 10.0. The van der Waals surface area contributed by atoms with Crippen LogP contribution in [0.25, 0.3) is 0 Å². The molecular weight excluding hydrogens is 302 g/mol. The summed E-state index contributed by atoms with van der Waals surface area (Å²) in [6.45, 7) is 16.6. The Morgan fingerprint density at radius 3 is 1.62 bits per heavy atom. The molecule has 0 saturated heterocycles. The van der Waals surface area contributed by atoms with Crippen LogP contribution in [0, 0.1) is 5.41 Å². The monoisotopic (exact) mass is 346 g/mol. The highest BCUT2D eigenvalue weighted by molar-refractivity contribution is 5.75. The lowest BCUT2D eigenvalue weighted by molar-refractivity contribution is -0.900. The van der Waals surface area contributed by atoms with Crippen LogP contribution in [0.4, 0.5) is 0 Å². The van der Waals surface area contributed by atoms with Crippen LogP contribution in [0.1, 0.15) is 86.5 Å². The van der Waals surface area contributed by atoms with Crippen molar-refractivity contribution in [2.45, 2.75) is 86.5 Å². The van der Waals surface area contributed by atoms with Crippen LogP contribution in [0.3, 0.4) is 0 Å². The smallest absolute Gasteiger partial charge is 0.311 e. The van der Waals surface area contributed by atoms with Crippen molar-refractivity contribution in [3.63, 3.8) is 0 Å². The predicted octanol–water partition coefficient (Wildman–Crippen LogP) is 3.23. The summed E-state index contributed by atoms with van der Waals surface area (Å²) in [5.41, 5.74) is -0.421. The zero-order chi connectivity index (χ0) is 18.8. The lowest BCUT2D eigenvalue weighted by Gasteiger charge is -2.19. The summed E-state index contributed by atoms with van der Waals surface area (Å²) in [5.74, 6) is -0.242. The Bertz CT molecular complexity index is 261. The summed E-state index contributed by atoms with van der Waals surface area (Å²) >= 11 is 0. The van der Waals surface area contributed by atoms with Crippen molar-refractivity contribution in [2.24, 2.45) is 5.41 Å². The number of carbonyl (C=O) groups is 1. The van der Waals surface area contributed by atoms with Gasteiger partial charge in [0, 0.05) is 0 Å². The first-order chi connectivity index (χ1) is 11.4. The average Bonchev–Trinajstić information content (AvgIpc) is 2.59. The highest BCUT2D eigenvalue weighted by Crippen LogP contribution is 2.20. The van der Waals surface area contributed by atoms with Gasteiger partial charge in [0.25, 0.3) is 0 Å². The number of hydrogen-bond acceptors (Lipinski definition) is 3. The van der Waals surface area contributed by atoms with Crippen molar-refractivity contribution in [1.82, 2.24) is 0 Å². The minimum absolute atomic E-state index is 0.0995. The van der Waals surface area contributed by atoms with E-state index in [1.807, 2.05) is 25.7 Å². The molecule has 0 aliphatic heterocycles. The van der Waals surface area contributed by atoms with Gasteiger partial charge in [-0.15, -0.1) is 0 Å². The van der Waals surface area contributed by atoms with Gasteiger partial charge in [-0.3, -0.25) is 4.79 Å². The summed E-state index contributed by atoms with van der Waals surface area (Å²) in [5, 5.41) is 8.38. The Morgan fingerprint density at radius 1 is 0.917 bits per heavy atom. The first-order valence-electron chi connectivity index (χ1n) is 10.0. The molecule has 0 unspecified atom stereocenters. The van der Waals surface area contributed by atoms with Crippen molar-refractivity contribution >= 4 is 5.97 Å². The summed E-state index contributed by atoms with van der Waals surface area (Å²) in [7, 11) is 0. The number of quaternary nitrogens is 1. The van der Waals surface area contributed by atoms with E-state index >= 15 is 0 Å². The molecule has 4 heteroatoms. The Labute approximate surface area is 151 Å². The second-order valence-corrected chi connectivity index (χ2v) is 7.16. The van der Waals surface area contributed by atoms with Crippen LogP contribution in [-0.4, -0.2) is 43.9 Å².